The maximum Gasteiger partial charge on any atom is 0.267 e. The highest BCUT2D eigenvalue weighted by molar-refractivity contribution is 5.92. The quantitative estimate of drug-likeness (QED) is 0.927. The molecule has 2 saturated heterocycles. The number of aromatic nitrogens is 1. The van der Waals surface area contributed by atoms with Gasteiger partial charge in [0.05, 0.1) is 12.1 Å². The molecule has 3 heterocycles. The maximum absolute atomic E-state index is 12.0. The molecule has 0 saturated carbocycles. The lowest BCUT2D eigenvalue weighted by Crippen LogP contribution is -2.41. The fourth-order valence-corrected chi connectivity index (χ4v) is 3.98. The fraction of sp³-hybridized carbons (Fsp3) is 0.722. The first-order chi connectivity index (χ1) is 11.2. The highest BCUT2D eigenvalue weighted by Crippen LogP contribution is 2.32. The number of carbonyl (C=O) groups is 1. The molecule has 2 fully saturated rings. The first kappa shape index (κ1) is 16.5. The molecule has 1 aromatic rings. The summed E-state index contributed by atoms with van der Waals surface area (Å²) < 4.78 is 8.00. The molecule has 23 heavy (non-hydrogen) atoms. The second-order valence-corrected chi connectivity index (χ2v) is 6.78. The van der Waals surface area contributed by atoms with Crippen LogP contribution in [0.3, 0.4) is 0 Å². The number of nitrogens with one attached hydrogen (secondary N) is 1. The molecule has 128 valence electrons. The molecule has 0 bridgehead atoms. The zero-order chi connectivity index (χ0) is 16.2. The van der Waals surface area contributed by atoms with Crippen LogP contribution in [0.1, 0.15) is 60.7 Å². The van der Waals surface area contributed by atoms with E-state index in [-0.39, 0.29) is 5.91 Å². The first-order valence-corrected chi connectivity index (χ1v) is 8.94. The van der Waals surface area contributed by atoms with E-state index in [0.717, 1.165) is 31.8 Å². The Balaban J connectivity index is 1.75. The third kappa shape index (κ3) is 3.61. The van der Waals surface area contributed by atoms with E-state index < -0.39 is 0 Å². The van der Waals surface area contributed by atoms with Gasteiger partial charge < -0.3 is 14.6 Å². The summed E-state index contributed by atoms with van der Waals surface area (Å²) in [6.45, 7) is 3.06. The van der Waals surface area contributed by atoms with Crippen LogP contribution < -0.4 is 5.32 Å². The lowest BCUT2D eigenvalue weighted by Gasteiger charge is -2.39. The third-order valence-electron chi connectivity index (χ3n) is 5.29. The van der Waals surface area contributed by atoms with Crippen molar-refractivity contribution >= 4 is 5.91 Å². The highest BCUT2D eigenvalue weighted by Gasteiger charge is 2.29. The van der Waals surface area contributed by atoms with Gasteiger partial charge in [-0.25, -0.2) is 0 Å². The number of piperidine rings is 1. The Morgan fingerprint density at radius 1 is 1.26 bits per heavy atom. The molecule has 0 spiro atoms. The van der Waals surface area contributed by atoms with E-state index in [9.17, 15) is 4.79 Å². The van der Waals surface area contributed by atoms with Gasteiger partial charge in [0.2, 0.25) is 0 Å². The topological polar surface area (TPSA) is 46.5 Å². The van der Waals surface area contributed by atoms with E-state index in [1.165, 1.54) is 37.8 Å². The summed E-state index contributed by atoms with van der Waals surface area (Å²) in [4.78, 5) is 14.5. The van der Waals surface area contributed by atoms with Crippen LogP contribution in [0.4, 0.5) is 0 Å². The second-order valence-electron chi connectivity index (χ2n) is 6.78. The lowest BCUT2D eigenvalue weighted by molar-refractivity contribution is -0.0204. The zero-order valence-corrected chi connectivity index (χ0v) is 14.4. The molecule has 3 rings (SSSR count). The van der Waals surface area contributed by atoms with Gasteiger partial charge in [0, 0.05) is 32.9 Å². The summed E-state index contributed by atoms with van der Waals surface area (Å²) >= 11 is 0. The second kappa shape index (κ2) is 7.49. The number of hydrogen-bond acceptors (Lipinski definition) is 3. The van der Waals surface area contributed by atoms with Gasteiger partial charge in [-0.15, -0.1) is 0 Å². The molecule has 0 radical (unpaired) electrons. The Kier molecular flexibility index (Phi) is 5.38. The average molecular weight is 319 g/mol. The number of rotatable bonds is 4. The Morgan fingerprint density at radius 3 is 2.83 bits per heavy atom. The van der Waals surface area contributed by atoms with Crippen molar-refractivity contribution in [1.82, 2.24) is 14.8 Å². The van der Waals surface area contributed by atoms with Crippen molar-refractivity contribution in [3.05, 3.63) is 23.5 Å². The molecular formula is C18H29N3O2. The monoisotopic (exact) mass is 319 g/mol. The molecule has 0 aliphatic carbocycles. The number of nitrogens with zero attached hydrogens (tertiary/aromatic N) is 2. The third-order valence-corrected chi connectivity index (χ3v) is 5.29. The van der Waals surface area contributed by atoms with Gasteiger partial charge in [0.15, 0.2) is 0 Å². The van der Waals surface area contributed by atoms with Gasteiger partial charge >= 0.3 is 0 Å². The van der Waals surface area contributed by atoms with Crippen LogP contribution in [-0.2, 0) is 11.8 Å². The molecule has 0 aromatic carbocycles. The molecule has 2 atom stereocenters. The number of carbonyl (C=O) groups excluding carboxylic acids is 1. The Bertz CT molecular complexity index is 534. The molecule has 1 aromatic heterocycles. The van der Waals surface area contributed by atoms with Crippen molar-refractivity contribution in [2.75, 3.05) is 26.7 Å². The maximum atomic E-state index is 12.0. The molecule has 1 amide bonds. The Morgan fingerprint density at radius 2 is 2.09 bits per heavy atom. The van der Waals surface area contributed by atoms with Crippen LogP contribution in [0.2, 0.25) is 0 Å². The van der Waals surface area contributed by atoms with Gasteiger partial charge in [-0.05, 0) is 50.8 Å². The summed E-state index contributed by atoms with van der Waals surface area (Å²) in [5, 5.41) is 2.72. The molecule has 0 unspecified atom stereocenters. The van der Waals surface area contributed by atoms with Crippen LogP contribution in [0.25, 0.3) is 0 Å². The minimum absolute atomic E-state index is 0.0169. The van der Waals surface area contributed by atoms with Crippen molar-refractivity contribution < 1.29 is 9.53 Å². The average Bonchev–Trinajstić information content (AvgIpc) is 2.97. The van der Waals surface area contributed by atoms with Gasteiger partial charge in [-0.1, -0.05) is 6.42 Å². The predicted octanol–water partition coefficient (Wildman–Crippen LogP) is 2.48. The number of ether oxygens (including phenoxy) is 1. The first-order valence-electron chi connectivity index (χ1n) is 8.94. The van der Waals surface area contributed by atoms with Crippen LogP contribution in [0, 0.1) is 0 Å². The normalized spacial score (nSPS) is 26.2. The van der Waals surface area contributed by atoms with E-state index in [1.807, 2.05) is 13.1 Å². The largest absolute Gasteiger partial charge is 0.377 e. The minimum atomic E-state index is -0.0169. The molecule has 2 aliphatic heterocycles. The summed E-state index contributed by atoms with van der Waals surface area (Å²) in [7, 11) is 3.69. The Labute approximate surface area is 139 Å². The van der Waals surface area contributed by atoms with Gasteiger partial charge in [0.25, 0.3) is 5.91 Å². The van der Waals surface area contributed by atoms with E-state index in [2.05, 4.69) is 20.9 Å². The standard InChI is InChI=1S/C18H29N3O2/c1-19-18(22)17-10-9-15(20(17)2)16-8-3-5-11-21(16)13-14-7-4-6-12-23-14/h9-10,14,16H,3-8,11-13H2,1-2H3,(H,19,22)/t14-,16+/m0/s1. The fourth-order valence-electron chi connectivity index (χ4n) is 3.98. The van der Waals surface area contributed by atoms with Crippen molar-refractivity contribution in [1.29, 1.82) is 0 Å². The van der Waals surface area contributed by atoms with Gasteiger partial charge in [-0.3, -0.25) is 9.69 Å². The Hall–Kier alpha value is -1.33. The molecular weight excluding hydrogens is 290 g/mol. The van der Waals surface area contributed by atoms with Crippen molar-refractivity contribution in [2.24, 2.45) is 7.05 Å². The number of amides is 1. The van der Waals surface area contributed by atoms with E-state index >= 15 is 0 Å². The van der Waals surface area contributed by atoms with Gasteiger partial charge in [0.1, 0.15) is 5.69 Å². The zero-order valence-electron chi connectivity index (χ0n) is 14.4. The van der Waals surface area contributed by atoms with Crippen LogP contribution >= 0.6 is 0 Å². The van der Waals surface area contributed by atoms with Crippen molar-refractivity contribution in [2.45, 2.75) is 50.7 Å². The summed E-state index contributed by atoms with van der Waals surface area (Å²) in [6.07, 6.45) is 7.73. The lowest BCUT2D eigenvalue weighted by atomic mass is 9.98. The van der Waals surface area contributed by atoms with Gasteiger partial charge in [-0.2, -0.15) is 0 Å². The van der Waals surface area contributed by atoms with E-state index in [0.29, 0.717) is 12.1 Å². The highest BCUT2D eigenvalue weighted by atomic mass is 16.5. The smallest absolute Gasteiger partial charge is 0.267 e. The van der Waals surface area contributed by atoms with Crippen LogP contribution in [0.15, 0.2) is 12.1 Å². The van der Waals surface area contributed by atoms with Crippen LogP contribution in [0.5, 0.6) is 0 Å². The van der Waals surface area contributed by atoms with E-state index in [1.54, 1.807) is 7.05 Å². The molecule has 5 nitrogen and oxygen atoms in total. The van der Waals surface area contributed by atoms with E-state index in [4.69, 9.17) is 4.74 Å². The summed E-state index contributed by atoms with van der Waals surface area (Å²) in [6, 6.07) is 4.46. The number of hydrogen-bond donors (Lipinski definition) is 1. The predicted molar refractivity (Wildman–Crippen MR) is 90.6 cm³/mol. The molecule has 1 N–H and O–H groups in total. The van der Waals surface area contributed by atoms with Crippen molar-refractivity contribution in [3.8, 4) is 0 Å². The van der Waals surface area contributed by atoms with Crippen LogP contribution in [-0.4, -0.2) is 48.2 Å². The summed E-state index contributed by atoms with van der Waals surface area (Å²) in [5.41, 5.74) is 1.99. The summed E-state index contributed by atoms with van der Waals surface area (Å²) in [5.74, 6) is -0.0169. The minimum Gasteiger partial charge on any atom is -0.377 e. The number of likely N-dealkylation sites (tertiary alicyclic amines) is 1. The van der Waals surface area contributed by atoms with Crippen molar-refractivity contribution in [3.63, 3.8) is 0 Å². The molecule has 5 heteroatoms. The molecule has 2 aliphatic rings. The SMILES string of the molecule is CNC(=O)c1ccc([C@H]2CCCCN2C[C@@H]2CCCCO2)n1C.